The molecule has 1 aliphatic rings. The highest BCUT2D eigenvalue weighted by Gasteiger charge is 2.36. The van der Waals surface area contributed by atoms with Crippen molar-refractivity contribution in [1.29, 1.82) is 0 Å². The maximum Gasteiger partial charge on any atom is 0.251 e. The van der Waals surface area contributed by atoms with Crippen LogP contribution in [0.3, 0.4) is 0 Å². The van der Waals surface area contributed by atoms with Gasteiger partial charge in [0.1, 0.15) is 0 Å². The van der Waals surface area contributed by atoms with Crippen molar-refractivity contribution in [3.63, 3.8) is 0 Å². The first-order chi connectivity index (χ1) is 8.56. The summed E-state index contributed by atoms with van der Waals surface area (Å²) >= 11 is 5.18. The molecular weight excluding hydrogens is 312 g/mol. The lowest BCUT2D eigenvalue weighted by Gasteiger charge is -2.40. The first kappa shape index (κ1) is 13.7. The maximum atomic E-state index is 12.0. The van der Waals surface area contributed by atoms with Gasteiger partial charge in [0.05, 0.1) is 0 Å². The van der Waals surface area contributed by atoms with Gasteiger partial charge in [-0.1, -0.05) is 6.42 Å². The van der Waals surface area contributed by atoms with E-state index in [0.29, 0.717) is 11.3 Å². The minimum atomic E-state index is -0.0467. The molecule has 0 bridgehead atoms. The molecule has 0 radical (unpaired) electrons. The number of carbonyl (C=O) groups is 1. The van der Waals surface area contributed by atoms with Crippen molar-refractivity contribution < 1.29 is 4.79 Å². The number of nitrogens with two attached hydrogens (primary N) is 1. The molecule has 1 saturated carbocycles. The fourth-order valence-corrected chi connectivity index (χ4v) is 3.21. The number of nitrogen functional groups attached to an aromatic ring is 1. The van der Waals surface area contributed by atoms with Crippen LogP contribution in [0, 0.1) is 0 Å². The maximum absolute atomic E-state index is 12.0. The lowest BCUT2D eigenvalue weighted by atomic mass is 9.84. The van der Waals surface area contributed by atoms with Gasteiger partial charge in [0.25, 0.3) is 5.91 Å². The van der Waals surface area contributed by atoms with E-state index in [-0.39, 0.29) is 10.7 Å². The highest BCUT2D eigenvalue weighted by molar-refractivity contribution is 9.10. The first-order valence-corrected chi connectivity index (χ1v) is 7.96. The van der Waals surface area contributed by atoms with Crippen molar-refractivity contribution in [2.24, 2.45) is 0 Å². The average molecular weight is 329 g/mol. The highest BCUT2D eigenvalue weighted by Crippen LogP contribution is 2.42. The van der Waals surface area contributed by atoms with Crippen LogP contribution in [0.15, 0.2) is 22.7 Å². The van der Waals surface area contributed by atoms with E-state index in [0.717, 1.165) is 11.0 Å². The summed E-state index contributed by atoms with van der Waals surface area (Å²) in [5, 5.41) is 3.01. The van der Waals surface area contributed by atoms with E-state index in [1.54, 1.807) is 18.2 Å². The topological polar surface area (TPSA) is 55.1 Å². The number of benzene rings is 1. The van der Waals surface area contributed by atoms with Crippen molar-refractivity contribution in [2.45, 2.75) is 24.0 Å². The fraction of sp³-hybridized carbons (Fsp3) is 0.462. The summed E-state index contributed by atoms with van der Waals surface area (Å²) in [5.74, 6) is -0.0467. The van der Waals surface area contributed by atoms with E-state index < -0.39 is 0 Å². The fourth-order valence-electron chi connectivity index (χ4n) is 2.05. The number of hydrogen-bond acceptors (Lipinski definition) is 3. The van der Waals surface area contributed by atoms with Crippen molar-refractivity contribution in [1.82, 2.24) is 5.32 Å². The smallest absolute Gasteiger partial charge is 0.251 e. The number of halogens is 1. The van der Waals surface area contributed by atoms with Crippen molar-refractivity contribution in [3.05, 3.63) is 28.2 Å². The summed E-state index contributed by atoms with van der Waals surface area (Å²) in [6, 6.07) is 5.28. The van der Waals surface area contributed by atoms with E-state index in [1.165, 1.54) is 19.3 Å². The molecule has 2 rings (SSSR count). The van der Waals surface area contributed by atoms with Crippen LogP contribution in [0.25, 0.3) is 0 Å². The monoisotopic (exact) mass is 328 g/mol. The van der Waals surface area contributed by atoms with Gasteiger partial charge in [0.2, 0.25) is 0 Å². The Balaban J connectivity index is 1.97. The predicted octanol–water partition coefficient (Wildman–Crippen LogP) is 3.05. The normalized spacial score (nSPS) is 17.0. The van der Waals surface area contributed by atoms with E-state index in [1.807, 2.05) is 11.8 Å². The summed E-state index contributed by atoms with van der Waals surface area (Å²) in [6.07, 6.45) is 5.76. The second-order valence-corrected chi connectivity index (χ2v) is 6.79. The number of nitrogens with one attached hydrogen (secondary N) is 1. The summed E-state index contributed by atoms with van der Waals surface area (Å²) in [6.45, 7) is 0.739. The molecule has 0 aliphatic heterocycles. The predicted molar refractivity (Wildman–Crippen MR) is 81.0 cm³/mol. The summed E-state index contributed by atoms with van der Waals surface area (Å²) in [4.78, 5) is 12.0. The van der Waals surface area contributed by atoms with Gasteiger partial charge in [-0.05, 0) is 53.2 Å². The first-order valence-electron chi connectivity index (χ1n) is 5.95. The molecule has 0 unspecified atom stereocenters. The number of rotatable bonds is 4. The molecule has 18 heavy (non-hydrogen) atoms. The van der Waals surface area contributed by atoms with Gasteiger partial charge in [0, 0.05) is 27.0 Å². The Morgan fingerprint density at radius 1 is 1.56 bits per heavy atom. The minimum Gasteiger partial charge on any atom is -0.398 e. The molecule has 1 fully saturated rings. The molecule has 0 saturated heterocycles. The van der Waals surface area contributed by atoms with Gasteiger partial charge in [-0.3, -0.25) is 4.79 Å². The zero-order valence-corrected chi connectivity index (χ0v) is 12.7. The van der Waals surface area contributed by atoms with Gasteiger partial charge in [-0.2, -0.15) is 11.8 Å². The lowest BCUT2D eigenvalue weighted by Crippen LogP contribution is -2.45. The standard InChI is InChI=1S/C13H17BrN2OS/c1-18-13(5-2-6-13)8-16-12(17)9-3-4-10(14)11(15)7-9/h3-4,7H,2,5-6,8,15H2,1H3,(H,16,17). The second kappa shape index (κ2) is 5.53. The van der Waals surface area contributed by atoms with Gasteiger partial charge in [0.15, 0.2) is 0 Å². The van der Waals surface area contributed by atoms with Crippen LogP contribution in [0.4, 0.5) is 5.69 Å². The van der Waals surface area contributed by atoms with E-state index in [2.05, 4.69) is 27.5 Å². The summed E-state index contributed by atoms with van der Waals surface area (Å²) in [5.41, 5.74) is 6.98. The molecular formula is C13H17BrN2OS. The quantitative estimate of drug-likeness (QED) is 0.835. The largest absolute Gasteiger partial charge is 0.398 e. The van der Waals surface area contributed by atoms with Crippen LogP contribution in [-0.2, 0) is 0 Å². The molecule has 98 valence electrons. The van der Waals surface area contributed by atoms with Crippen LogP contribution >= 0.6 is 27.7 Å². The van der Waals surface area contributed by atoms with Gasteiger partial charge < -0.3 is 11.1 Å². The van der Waals surface area contributed by atoms with E-state index in [4.69, 9.17) is 5.73 Å². The van der Waals surface area contributed by atoms with Crippen LogP contribution in [0.2, 0.25) is 0 Å². The number of anilines is 1. The van der Waals surface area contributed by atoms with Gasteiger partial charge in [-0.25, -0.2) is 0 Å². The Bertz CT molecular complexity index is 455. The third kappa shape index (κ3) is 2.83. The average Bonchev–Trinajstić information content (AvgIpc) is 2.31. The number of thioether (sulfide) groups is 1. The molecule has 0 aromatic heterocycles. The molecule has 0 atom stereocenters. The number of amides is 1. The van der Waals surface area contributed by atoms with Crippen molar-refractivity contribution in [3.8, 4) is 0 Å². The van der Waals surface area contributed by atoms with E-state index in [9.17, 15) is 4.79 Å². The molecule has 3 nitrogen and oxygen atoms in total. The molecule has 1 aliphatic carbocycles. The Kier molecular flexibility index (Phi) is 4.22. The lowest BCUT2D eigenvalue weighted by molar-refractivity contribution is 0.0944. The summed E-state index contributed by atoms with van der Waals surface area (Å²) < 4.78 is 1.08. The number of carbonyl (C=O) groups excluding carboxylic acids is 1. The Morgan fingerprint density at radius 2 is 2.28 bits per heavy atom. The van der Waals surface area contributed by atoms with E-state index >= 15 is 0 Å². The molecule has 5 heteroatoms. The Hall–Kier alpha value is -0.680. The molecule has 1 amide bonds. The van der Waals surface area contributed by atoms with Crippen LogP contribution in [0.5, 0.6) is 0 Å². The molecule has 0 heterocycles. The molecule has 0 spiro atoms. The number of hydrogen-bond donors (Lipinski definition) is 2. The van der Waals surface area contributed by atoms with Crippen molar-refractivity contribution in [2.75, 3.05) is 18.5 Å². The van der Waals surface area contributed by atoms with Gasteiger partial charge in [-0.15, -0.1) is 0 Å². The van der Waals surface area contributed by atoms with Crippen molar-refractivity contribution >= 4 is 39.3 Å². The minimum absolute atomic E-state index is 0.0467. The molecule has 1 aromatic rings. The Labute approximate surface area is 120 Å². The van der Waals surface area contributed by atoms with Crippen LogP contribution < -0.4 is 11.1 Å². The zero-order valence-electron chi connectivity index (χ0n) is 10.3. The van der Waals surface area contributed by atoms with Crippen LogP contribution in [-0.4, -0.2) is 23.5 Å². The highest BCUT2D eigenvalue weighted by atomic mass is 79.9. The third-order valence-electron chi connectivity index (χ3n) is 3.53. The molecule has 3 N–H and O–H groups in total. The van der Waals surface area contributed by atoms with Gasteiger partial charge >= 0.3 is 0 Å². The Morgan fingerprint density at radius 3 is 2.78 bits per heavy atom. The second-order valence-electron chi connectivity index (χ2n) is 4.66. The van der Waals surface area contributed by atoms with Crippen LogP contribution in [0.1, 0.15) is 29.6 Å². The third-order valence-corrected chi connectivity index (χ3v) is 5.67. The zero-order chi connectivity index (χ0) is 13.2. The summed E-state index contributed by atoms with van der Waals surface area (Å²) in [7, 11) is 0. The SMILES string of the molecule is CSC1(CNC(=O)c2ccc(Br)c(N)c2)CCC1. The molecule has 1 aromatic carbocycles.